The normalized spacial score (nSPS) is 14.5. The van der Waals surface area contributed by atoms with Gasteiger partial charge in [0.25, 0.3) is 5.91 Å². The number of rotatable bonds is 3. The van der Waals surface area contributed by atoms with Gasteiger partial charge in [-0.05, 0) is 49.1 Å². The fourth-order valence-corrected chi connectivity index (χ4v) is 3.51. The number of hydrogen-bond donors (Lipinski definition) is 1. The number of aromatic nitrogens is 2. The summed E-state index contributed by atoms with van der Waals surface area (Å²) in [6.07, 6.45) is 7.78. The second kappa shape index (κ2) is 6.63. The number of carbonyl (C=O) groups excluding carboxylic acids is 2. The molecule has 1 saturated heterocycles. The van der Waals surface area contributed by atoms with Crippen LogP contribution in [0.1, 0.15) is 40.0 Å². The second-order valence-electron chi connectivity index (χ2n) is 6.50. The van der Waals surface area contributed by atoms with Crippen molar-refractivity contribution in [2.24, 2.45) is 5.73 Å². The number of nitrogens with two attached hydrogens (primary N) is 1. The van der Waals surface area contributed by atoms with Crippen LogP contribution < -0.4 is 5.73 Å². The monoisotopic (exact) mass is 347 g/mol. The maximum atomic E-state index is 12.6. The predicted molar refractivity (Wildman–Crippen MR) is 97.7 cm³/mol. The maximum Gasteiger partial charge on any atom is 0.253 e. The molecule has 2 amide bonds. The molecule has 1 aliphatic heterocycles. The molecule has 1 fully saturated rings. The Morgan fingerprint density at radius 3 is 2.46 bits per heavy atom. The number of hydrogen-bond acceptors (Lipinski definition) is 3. The molecule has 2 N–H and O–H groups in total. The molecule has 1 aliphatic rings. The van der Waals surface area contributed by atoms with Crippen LogP contribution in [0.2, 0.25) is 0 Å². The molecule has 3 aromatic rings. The largest absolute Gasteiger partial charge is 0.366 e. The molecule has 0 atom stereocenters. The molecule has 0 saturated carbocycles. The third-order valence-corrected chi connectivity index (χ3v) is 4.85. The van der Waals surface area contributed by atoms with E-state index in [1.54, 1.807) is 35.0 Å². The van der Waals surface area contributed by atoms with Gasteiger partial charge in [0, 0.05) is 30.4 Å². The zero-order chi connectivity index (χ0) is 18.1. The average molecular weight is 347 g/mol. The van der Waals surface area contributed by atoms with Crippen LogP contribution in [-0.2, 0) is 0 Å². The zero-order valence-electron chi connectivity index (χ0n) is 14.3. The summed E-state index contributed by atoms with van der Waals surface area (Å²) in [4.78, 5) is 26.4. The van der Waals surface area contributed by atoms with Crippen LogP contribution in [0.25, 0.3) is 16.6 Å². The van der Waals surface area contributed by atoms with Gasteiger partial charge >= 0.3 is 0 Å². The van der Waals surface area contributed by atoms with E-state index in [-0.39, 0.29) is 5.91 Å². The lowest BCUT2D eigenvalue weighted by Gasteiger charge is -2.26. The lowest BCUT2D eigenvalue weighted by Crippen LogP contribution is -2.35. The van der Waals surface area contributed by atoms with Gasteiger partial charge in [-0.3, -0.25) is 9.59 Å². The van der Waals surface area contributed by atoms with Crippen LogP contribution in [0.15, 0.2) is 42.6 Å². The van der Waals surface area contributed by atoms with Crippen molar-refractivity contribution in [3.63, 3.8) is 0 Å². The molecule has 6 nitrogen and oxygen atoms in total. The van der Waals surface area contributed by atoms with Gasteiger partial charge in [0.1, 0.15) is 6.20 Å². The fourth-order valence-electron chi connectivity index (χ4n) is 3.51. The van der Waals surface area contributed by atoms with Crippen LogP contribution in [0, 0.1) is 6.20 Å². The van der Waals surface area contributed by atoms with Crippen molar-refractivity contribution in [1.82, 2.24) is 14.5 Å². The third kappa shape index (κ3) is 2.83. The van der Waals surface area contributed by atoms with E-state index in [1.165, 1.54) is 6.42 Å². The predicted octanol–water partition coefficient (Wildman–Crippen LogP) is 2.53. The van der Waals surface area contributed by atoms with E-state index >= 15 is 0 Å². The first-order valence-corrected chi connectivity index (χ1v) is 8.73. The van der Waals surface area contributed by atoms with E-state index in [0.29, 0.717) is 16.7 Å². The highest BCUT2D eigenvalue weighted by Gasteiger charge is 2.19. The summed E-state index contributed by atoms with van der Waals surface area (Å²) in [5.74, 6) is -0.445. The summed E-state index contributed by atoms with van der Waals surface area (Å²) in [5, 5.41) is 4.09. The van der Waals surface area contributed by atoms with Crippen LogP contribution >= 0.6 is 0 Å². The van der Waals surface area contributed by atoms with E-state index < -0.39 is 5.91 Å². The highest BCUT2D eigenvalue weighted by molar-refractivity contribution is 6.04. The van der Waals surface area contributed by atoms with Gasteiger partial charge in [-0.15, -0.1) is 0 Å². The van der Waals surface area contributed by atoms with Crippen molar-refractivity contribution in [1.29, 1.82) is 0 Å². The van der Waals surface area contributed by atoms with Gasteiger partial charge in [0.05, 0.1) is 11.1 Å². The Hall–Kier alpha value is -3.15. The zero-order valence-corrected chi connectivity index (χ0v) is 14.3. The van der Waals surface area contributed by atoms with Gasteiger partial charge in [-0.2, -0.15) is 5.10 Å². The summed E-state index contributed by atoms with van der Waals surface area (Å²) in [6, 6.07) is 10.7. The molecule has 131 valence electrons. The van der Waals surface area contributed by atoms with Gasteiger partial charge < -0.3 is 10.6 Å². The number of pyridine rings is 1. The fraction of sp³-hybridized carbons (Fsp3) is 0.250. The number of fused-ring (bicyclic) bond motifs is 1. The van der Waals surface area contributed by atoms with Crippen LogP contribution in [0.4, 0.5) is 0 Å². The molecule has 26 heavy (non-hydrogen) atoms. The Morgan fingerprint density at radius 1 is 1.04 bits per heavy atom. The molecule has 6 heteroatoms. The highest BCUT2D eigenvalue weighted by atomic mass is 16.2. The number of piperidine rings is 1. The van der Waals surface area contributed by atoms with Crippen molar-refractivity contribution in [2.75, 3.05) is 13.1 Å². The van der Waals surface area contributed by atoms with Crippen LogP contribution in [-0.4, -0.2) is 39.4 Å². The summed E-state index contributed by atoms with van der Waals surface area (Å²) >= 11 is 0. The van der Waals surface area contributed by atoms with E-state index in [4.69, 9.17) is 5.73 Å². The number of primary amides is 1. The molecular formula is C20H19N4O2. The Balaban J connectivity index is 1.72. The van der Waals surface area contributed by atoms with E-state index in [2.05, 4.69) is 11.3 Å². The van der Waals surface area contributed by atoms with Crippen molar-refractivity contribution in [3.05, 3.63) is 59.9 Å². The van der Waals surface area contributed by atoms with Gasteiger partial charge in [-0.1, -0.05) is 12.1 Å². The molecule has 3 heterocycles. The standard InChI is InChI=1S/C20H19N4O2/c21-19(25)16-9-13-24-17(8-10-22-24)18(16)14-4-6-15(7-5-14)20(26)23-11-2-1-3-12-23/h4-9,13H,1-3,11-12H2,(H2,21,25). The minimum atomic E-state index is -0.503. The van der Waals surface area contributed by atoms with Gasteiger partial charge in [-0.25, -0.2) is 4.52 Å². The first-order valence-electron chi connectivity index (χ1n) is 8.73. The topological polar surface area (TPSA) is 80.7 Å². The smallest absolute Gasteiger partial charge is 0.253 e. The first-order chi connectivity index (χ1) is 12.6. The van der Waals surface area contributed by atoms with Crippen molar-refractivity contribution < 1.29 is 9.59 Å². The Bertz CT molecular complexity index is 969. The lowest BCUT2D eigenvalue weighted by molar-refractivity contribution is 0.0724. The van der Waals surface area contributed by atoms with Crippen molar-refractivity contribution in [3.8, 4) is 11.1 Å². The summed E-state index contributed by atoms with van der Waals surface area (Å²) in [7, 11) is 0. The number of likely N-dealkylation sites (tertiary alicyclic amines) is 1. The third-order valence-electron chi connectivity index (χ3n) is 4.85. The summed E-state index contributed by atoms with van der Waals surface area (Å²) in [6.45, 7) is 1.63. The quantitative estimate of drug-likeness (QED) is 0.790. The first kappa shape index (κ1) is 16.3. The van der Waals surface area contributed by atoms with Crippen LogP contribution in [0.3, 0.4) is 0 Å². The van der Waals surface area contributed by atoms with E-state index in [9.17, 15) is 9.59 Å². The lowest BCUT2D eigenvalue weighted by atomic mass is 9.98. The Kier molecular flexibility index (Phi) is 4.16. The van der Waals surface area contributed by atoms with E-state index in [1.807, 2.05) is 17.0 Å². The Morgan fingerprint density at radius 2 is 1.77 bits per heavy atom. The van der Waals surface area contributed by atoms with Gasteiger partial charge in [0.2, 0.25) is 5.91 Å². The molecule has 1 radical (unpaired) electrons. The summed E-state index contributed by atoms with van der Waals surface area (Å²) in [5.41, 5.74) is 8.88. The van der Waals surface area contributed by atoms with E-state index in [0.717, 1.165) is 37.0 Å². The molecule has 4 rings (SSSR count). The number of nitrogens with zero attached hydrogens (tertiary/aromatic N) is 3. The number of benzene rings is 1. The molecule has 2 aromatic heterocycles. The molecule has 0 unspecified atom stereocenters. The minimum Gasteiger partial charge on any atom is -0.366 e. The molecular weight excluding hydrogens is 328 g/mol. The van der Waals surface area contributed by atoms with Crippen LogP contribution in [0.5, 0.6) is 0 Å². The van der Waals surface area contributed by atoms with Crippen molar-refractivity contribution >= 4 is 17.3 Å². The summed E-state index contributed by atoms with van der Waals surface area (Å²) < 4.78 is 1.65. The van der Waals surface area contributed by atoms with Crippen molar-refractivity contribution in [2.45, 2.75) is 19.3 Å². The highest BCUT2D eigenvalue weighted by Crippen LogP contribution is 2.29. The number of carbonyl (C=O) groups is 2. The average Bonchev–Trinajstić information content (AvgIpc) is 3.16. The molecule has 0 aliphatic carbocycles. The Labute approximate surface area is 151 Å². The maximum absolute atomic E-state index is 12.6. The number of amides is 2. The molecule has 0 spiro atoms. The molecule has 1 aromatic carbocycles. The minimum absolute atomic E-state index is 0.0577. The molecule has 0 bridgehead atoms. The second-order valence-corrected chi connectivity index (χ2v) is 6.50. The van der Waals surface area contributed by atoms with Gasteiger partial charge in [0.15, 0.2) is 0 Å². The SMILES string of the molecule is NC(=O)c1ccn2n[c]cc2c1-c1ccc(C(=O)N2CCCCC2)cc1.